The molecule has 1 saturated heterocycles. The van der Waals surface area contributed by atoms with Gasteiger partial charge in [-0.2, -0.15) is 0 Å². The lowest BCUT2D eigenvalue weighted by atomic mass is 9.86. The third kappa shape index (κ3) is 3.86. The van der Waals surface area contributed by atoms with Gasteiger partial charge < -0.3 is 9.47 Å². The number of cyclic esters (lactones) is 1. The van der Waals surface area contributed by atoms with Crippen molar-refractivity contribution in [1.82, 2.24) is 4.90 Å². The molecule has 3 atom stereocenters. The molecule has 3 unspecified atom stereocenters. The number of carbonyl (C=O) groups excluding carboxylic acids is 1. The van der Waals surface area contributed by atoms with Gasteiger partial charge in [-0.3, -0.25) is 4.90 Å². The van der Waals surface area contributed by atoms with Gasteiger partial charge in [0.05, 0.1) is 12.6 Å². The smallest absolute Gasteiger partial charge is 0.412 e. The molecule has 4 nitrogen and oxygen atoms in total. The summed E-state index contributed by atoms with van der Waals surface area (Å²) in [5, 5.41) is 0. The molecule has 4 heteroatoms. The molecule has 1 amide bonds. The zero-order chi connectivity index (χ0) is 16.2. The first kappa shape index (κ1) is 16.3. The van der Waals surface area contributed by atoms with E-state index in [0.717, 1.165) is 5.56 Å². The predicted molar refractivity (Wildman–Crippen MR) is 88.8 cm³/mol. The van der Waals surface area contributed by atoms with Crippen LogP contribution in [0.5, 0.6) is 0 Å². The van der Waals surface area contributed by atoms with E-state index in [1.165, 1.54) is 32.1 Å². The van der Waals surface area contributed by atoms with Gasteiger partial charge in [0.25, 0.3) is 0 Å². The fraction of sp³-hybridized carbons (Fsp3) is 0.632. The molecule has 1 aromatic carbocycles. The Morgan fingerprint density at radius 3 is 2.61 bits per heavy atom. The van der Waals surface area contributed by atoms with Gasteiger partial charge in [-0.05, 0) is 38.2 Å². The van der Waals surface area contributed by atoms with Crippen LogP contribution in [0.2, 0.25) is 0 Å². The fourth-order valence-electron chi connectivity index (χ4n) is 3.70. The number of ether oxygens (including phenoxy) is 2. The second-order valence-electron chi connectivity index (χ2n) is 6.83. The van der Waals surface area contributed by atoms with Crippen molar-refractivity contribution in [3.63, 3.8) is 0 Å². The number of benzene rings is 1. The van der Waals surface area contributed by atoms with Crippen LogP contribution in [0.3, 0.4) is 0 Å². The first-order valence-electron chi connectivity index (χ1n) is 8.82. The van der Waals surface area contributed by atoms with Crippen molar-refractivity contribution in [1.29, 1.82) is 0 Å². The largest absolute Gasteiger partial charge is 0.442 e. The highest BCUT2D eigenvalue weighted by Crippen LogP contribution is 2.31. The number of rotatable bonds is 5. The number of hydrogen-bond acceptors (Lipinski definition) is 3. The molecule has 1 heterocycles. The van der Waals surface area contributed by atoms with Crippen molar-refractivity contribution in [2.24, 2.45) is 5.92 Å². The number of amides is 1. The van der Waals surface area contributed by atoms with Gasteiger partial charge >= 0.3 is 6.09 Å². The Bertz CT molecular complexity index is 513. The van der Waals surface area contributed by atoms with Crippen LogP contribution in [0.4, 0.5) is 4.79 Å². The lowest BCUT2D eigenvalue weighted by Gasteiger charge is -2.32. The molecule has 3 rings (SSSR count). The van der Waals surface area contributed by atoms with Gasteiger partial charge in [0, 0.05) is 0 Å². The van der Waals surface area contributed by atoms with Crippen molar-refractivity contribution in [3.05, 3.63) is 35.9 Å². The molecule has 0 bridgehead atoms. The van der Waals surface area contributed by atoms with Crippen LogP contribution in [-0.2, 0) is 16.0 Å². The summed E-state index contributed by atoms with van der Waals surface area (Å²) in [6.45, 7) is 4.60. The molecule has 1 aromatic rings. The average Bonchev–Trinajstić information content (AvgIpc) is 2.83. The summed E-state index contributed by atoms with van der Waals surface area (Å²) in [6.07, 6.45) is 5.76. The quantitative estimate of drug-likeness (QED) is 0.811. The van der Waals surface area contributed by atoms with Gasteiger partial charge in [0.15, 0.2) is 6.23 Å². The summed E-state index contributed by atoms with van der Waals surface area (Å²) in [4.78, 5) is 13.9. The lowest BCUT2D eigenvalue weighted by Crippen LogP contribution is -2.41. The molecule has 2 fully saturated rings. The van der Waals surface area contributed by atoms with Crippen LogP contribution in [0.25, 0.3) is 0 Å². The van der Waals surface area contributed by atoms with Crippen LogP contribution in [0.15, 0.2) is 30.3 Å². The van der Waals surface area contributed by atoms with Crippen molar-refractivity contribution in [2.75, 3.05) is 0 Å². The highest BCUT2D eigenvalue weighted by Gasteiger charge is 2.41. The first-order valence-corrected chi connectivity index (χ1v) is 8.82. The molecule has 0 aromatic heterocycles. The Balaban J connectivity index is 1.66. The van der Waals surface area contributed by atoms with Crippen LogP contribution in [-0.4, -0.2) is 29.4 Å². The minimum absolute atomic E-state index is 0.163. The Morgan fingerprint density at radius 1 is 1.22 bits per heavy atom. The van der Waals surface area contributed by atoms with Crippen LogP contribution < -0.4 is 0 Å². The van der Waals surface area contributed by atoms with Crippen LogP contribution >= 0.6 is 0 Å². The molecule has 23 heavy (non-hydrogen) atoms. The first-order chi connectivity index (χ1) is 11.1. The molecular weight excluding hydrogens is 290 g/mol. The SMILES string of the molecule is CC(OC1C(C)OC(=O)N1Cc1ccccc1)C1CCCCC1. The number of carbonyl (C=O) groups is 1. The van der Waals surface area contributed by atoms with Gasteiger partial charge in [0.1, 0.15) is 6.10 Å². The standard InChI is InChI=1S/C19H27NO3/c1-14(17-11-7-4-8-12-17)22-18-15(2)23-19(21)20(18)13-16-9-5-3-6-10-16/h3,5-6,9-10,14-15,17-18H,4,7-8,11-13H2,1-2H3. The topological polar surface area (TPSA) is 38.8 Å². The highest BCUT2D eigenvalue weighted by atomic mass is 16.6. The van der Waals surface area contributed by atoms with E-state index in [4.69, 9.17) is 9.47 Å². The van der Waals surface area contributed by atoms with Gasteiger partial charge in [-0.15, -0.1) is 0 Å². The zero-order valence-electron chi connectivity index (χ0n) is 14.1. The van der Waals surface area contributed by atoms with E-state index in [9.17, 15) is 4.79 Å². The molecular formula is C19H27NO3. The second kappa shape index (κ2) is 7.35. The summed E-state index contributed by atoms with van der Waals surface area (Å²) in [6, 6.07) is 10.0. The maximum absolute atomic E-state index is 12.2. The van der Waals surface area contributed by atoms with Crippen molar-refractivity contribution in [2.45, 2.75) is 70.9 Å². The maximum atomic E-state index is 12.2. The zero-order valence-corrected chi connectivity index (χ0v) is 14.1. The summed E-state index contributed by atoms with van der Waals surface area (Å²) in [5.41, 5.74) is 1.09. The van der Waals surface area contributed by atoms with E-state index in [2.05, 4.69) is 6.92 Å². The summed E-state index contributed by atoms with van der Waals surface area (Å²) < 4.78 is 11.7. The number of hydrogen-bond donors (Lipinski definition) is 0. The highest BCUT2D eigenvalue weighted by molar-refractivity contribution is 5.70. The normalized spacial score (nSPS) is 27.0. The summed E-state index contributed by atoms with van der Waals surface area (Å²) in [7, 11) is 0. The van der Waals surface area contributed by atoms with Gasteiger partial charge in [0.2, 0.25) is 0 Å². The third-order valence-corrected chi connectivity index (χ3v) is 5.09. The van der Waals surface area contributed by atoms with E-state index in [0.29, 0.717) is 12.5 Å². The van der Waals surface area contributed by atoms with E-state index >= 15 is 0 Å². The minimum Gasteiger partial charge on any atom is -0.442 e. The van der Waals surface area contributed by atoms with Crippen molar-refractivity contribution < 1.29 is 14.3 Å². The third-order valence-electron chi connectivity index (χ3n) is 5.09. The summed E-state index contributed by atoms with van der Waals surface area (Å²) in [5.74, 6) is 0.602. The van der Waals surface area contributed by atoms with Crippen molar-refractivity contribution in [3.8, 4) is 0 Å². The van der Waals surface area contributed by atoms with E-state index in [1.807, 2.05) is 37.3 Å². The second-order valence-corrected chi connectivity index (χ2v) is 6.83. The average molecular weight is 317 g/mol. The van der Waals surface area contributed by atoms with E-state index < -0.39 is 0 Å². The van der Waals surface area contributed by atoms with E-state index in [-0.39, 0.29) is 24.5 Å². The Labute approximate surface area is 138 Å². The Kier molecular flexibility index (Phi) is 5.21. The molecule has 0 radical (unpaired) electrons. The van der Waals surface area contributed by atoms with Gasteiger partial charge in [-0.25, -0.2) is 4.79 Å². The molecule has 1 aliphatic carbocycles. The van der Waals surface area contributed by atoms with E-state index in [1.54, 1.807) is 4.90 Å². The molecule has 1 saturated carbocycles. The predicted octanol–water partition coefficient (Wildman–Crippen LogP) is 4.34. The molecule has 2 aliphatic rings. The monoisotopic (exact) mass is 317 g/mol. The molecule has 0 N–H and O–H groups in total. The minimum atomic E-state index is -0.292. The number of nitrogens with zero attached hydrogens (tertiary/aromatic N) is 1. The Hall–Kier alpha value is -1.55. The molecule has 126 valence electrons. The molecule has 0 spiro atoms. The van der Waals surface area contributed by atoms with Crippen LogP contribution in [0.1, 0.15) is 51.5 Å². The summed E-state index contributed by atoms with van der Waals surface area (Å²) >= 11 is 0. The molecule has 1 aliphatic heterocycles. The van der Waals surface area contributed by atoms with Crippen molar-refractivity contribution >= 4 is 6.09 Å². The Morgan fingerprint density at radius 2 is 1.91 bits per heavy atom. The lowest BCUT2D eigenvalue weighted by molar-refractivity contribution is -0.108. The fourth-order valence-corrected chi connectivity index (χ4v) is 3.70. The maximum Gasteiger partial charge on any atom is 0.412 e. The van der Waals surface area contributed by atoms with Crippen LogP contribution in [0, 0.1) is 5.92 Å². The van der Waals surface area contributed by atoms with Gasteiger partial charge in [-0.1, -0.05) is 49.6 Å².